The van der Waals surface area contributed by atoms with Crippen molar-refractivity contribution in [3.05, 3.63) is 51.0 Å². The molecule has 6 heteroatoms. The van der Waals surface area contributed by atoms with E-state index in [-0.39, 0.29) is 24.0 Å². The Morgan fingerprint density at radius 3 is 2.42 bits per heavy atom. The topological polar surface area (TPSA) is 49.3 Å². The number of rotatable bonds is 6. The highest BCUT2D eigenvalue weighted by atomic mass is 127. The second-order valence-corrected chi connectivity index (χ2v) is 6.67. The third-order valence-electron chi connectivity index (χ3n) is 3.56. The maximum Gasteiger partial charge on any atom is 0.191 e. The van der Waals surface area contributed by atoms with Crippen LogP contribution in [0.3, 0.4) is 0 Å². The van der Waals surface area contributed by atoms with Crippen LogP contribution in [0.2, 0.25) is 0 Å². The molecule has 0 spiro atoms. The van der Waals surface area contributed by atoms with Gasteiger partial charge < -0.3 is 10.6 Å². The van der Waals surface area contributed by atoms with Crippen LogP contribution < -0.4 is 10.6 Å². The van der Waals surface area contributed by atoms with Crippen molar-refractivity contribution in [1.82, 2.24) is 15.6 Å². The van der Waals surface area contributed by atoms with Crippen LogP contribution in [0.25, 0.3) is 0 Å². The number of thiazole rings is 1. The van der Waals surface area contributed by atoms with Crippen LogP contribution >= 0.6 is 35.3 Å². The monoisotopic (exact) mass is 458 g/mol. The molecule has 0 atom stereocenters. The number of halogens is 1. The van der Waals surface area contributed by atoms with Gasteiger partial charge in [0.15, 0.2) is 5.96 Å². The lowest BCUT2D eigenvalue weighted by atomic mass is 10.1. The van der Waals surface area contributed by atoms with Crippen LogP contribution in [0.1, 0.15) is 34.2 Å². The summed E-state index contributed by atoms with van der Waals surface area (Å²) >= 11 is 1.66. The molecule has 1 aromatic carbocycles. The molecule has 0 radical (unpaired) electrons. The number of hydrogen-bond donors (Lipinski definition) is 2. The molecular formula is C18H27IN4S. The van der Waals surface area contributed by atoms with Crippen LogP contribution in [0.4, 0.5) is 0 Å². The molecule has 0 bridgehead atoms. The van der Waals surface area contributed by atoms with E-state index < -0.39 is 0 Å². The van der Waals surface area contributed by atoms with Crippen molar-refractivity contribution in [2.24, 2.45) is 4.99 Å². The number of benzene rings is 1. The summed E-state index contributed by atoms with van der Waals surface area (Å²) in [6.07, 6.45) is 0.993. The number of aromatic nitrogens is 1. The Balaban J connectivity index is 0.00000288. The predicted octanol–water partition coefficient (Wildman–Crippen LogP) is 3.98. The molecule has 0 saturated heterocycles. The van der Waals surface area contributed by atoms with E-state index in [1.54, 1.807) is 11.3 Å². The summed E-state index contributed by atoms with van der Waals surface area (Å²) in [5, 5.41) is 6.71. The van der Waals surface area contributed by atoms with Gasteiger partial charge >= 0.3 is 0 Å². The first-order valence-corrected chi connectivity index (χ1v) is 8.94. The van der Waals surface area contributed by atoms with Gasteiger partial charge in [0, 0.05) is 18.0 Å². The Bertz CT molecular complexity index is 647. The Morgan fingerprint density at radius 1 is 1.12 bits per heavy atom. The fraction of sp³-hybridized carbons (Fsp3) is 0.444. The van der Waals surface area contributed by atoms with Crippen LogP contribution in [0, 0.1) is 20.8 Å². The summed E-state index contributed by atoms with van der Waals surface area (Å²) in [5.74, 6) is 0.865. The van der Waals surface area contributed by atoms with Gasteiger partial charge in [0.25, 0.3) is 0 Å². The first kappa shape index (κ1) is 20.9. The van der Waals surface area contributed by atoms with E-state index in [0.717, 1.165) is 31.2 Å². The summed E-state index contributed by atoms with van der Waals surface area (Å²) in [6, 6.07) is 6.71. The zero-order chi connectivity index (χ0) is 16.7. The van der Waals surface area contributed by atoms with Crippen molar-refractivity contribution in [2.45, 2.75) is 40.7 Å². The highest BCUT2D eigenvalue weighted by Crippen LogP contribution is 2.13. The zero-order valence-electron chi connectivity index (χ0n) is 14.8. The lowest BCUT2D eigenvalue weighted by molar-refractivity contribution is 0.799. The van der Waals surface area contributed by atoms with Gasteiger partial charge in [0.2, 0.25) is 0 Å². The first-order valence-electron chi connectivity index (χ1n) is 8.06. The number of nitrogens with zero attached hydrogens (tertiary/aromatic N) is 2. The number of nitrogens with one attached hydrogen (secondary N) is 2. The lowest BCUT2D eigenvalue weighted by Gasteiger charge is -2.12. The van der Waals surface area contributed by atoms with Crippen molar-refractivity contribution < 1.29 is 0 Å². The van der Waals surface area contributed by atoms with Gasteiger partial charge in [0.1, 0.15) is 0 Å². The van der Waals surface area contributed by atoms with E-state index in [4.69, 9.17) is 0 Å². The summed E-state index contributed by atoms with van der Waals surface area (Å²) in [4.78, 5) is 10.1. The Morgan fingerprint density at radius 2 is 1.83 bits per heavy atom. The highest BCUT2D eigenvalue weighted by molar-refractivity contribution is 14.0. The summed E-state index contributed by atoms with van der Waals surface area (Å²) in [6.45, 7) is 10.8. The average Bonchev–Trinajstić information content (AvgIpc) is 2.89. The molecule has 0 amide bonds. The standard InChI is InChI=1S/C18H26N4S.HI/c1-5-19-18(21-11-17-15(4)22-12-23-17)20-7-6-16-9-13(2)8-14(3)10-16;/h8-10,12H,5-7,11H2,1-4H3,(H2,19,20,21);1H. The molecule has 1 aromatic heterocycles. The Hall–Kier alpha value is -1.15. The van der Waals surface area contributed by atoms with E-state index in [9.17, 15) is 0 Å². The van der Waals surface area contributed by atoms with Crippen molar-refractivity contribution >= 4 is 41.3 Å². The number of guanidine groups is 1. The average molecular weight is 458 g/mol. The molecule has 2 aromatic rings. The molecule has 132 valence electrons. The van der Waals surface area contributed by atoms with Crippen LogP contribution in [0.5, 0.6) is 0 Å². The van der Waals surface area contributed by atoms with Gasteiger partial charge in [-0.2, -0.15) is 0 Å². The Labute approximate surface area is 166 Å². The third-order valence-corrected chi connectivity index (χ3v) is 4.48. The zero-order valence-corrected chi connectivity index (χ0v) is 18.0. The van der Waals surface area contributed by atoms with Crippen molar-refractivity contribution in [3.8, 4) is 0 Å². The number of aryl methyl sites for hydroxylation is 3. The normalized spacial score (nSPS) is 11.1. The van der Waals surface area contributed by atoms with E-state index >= 15 is 0 Å². The molecule has 0 aliphatic heterocycles. The fourth-order valence-corrected chi connectivity index (χ4v) is 3.21. The van der Waals surface area contributed by atoms with Gasteiger partial charge in [-0.05, 0) is 39.7 Å². The van der Waals surface area contributed by atoms with Gasteiger partial charge in [-0.3, -0.25) is 0 Å². The minimum Gasteiger partial charge on any atom is -0.357 e. The quantitative estimate of drug-likeness (QED) is 0.391. The second-order valence-electron chi connectivity index (χ2n) is 5.73. The molecule has 0 saturated carbocycles. The van der Waals surface area contributed by atoms with E-state index in [1.165, 1.54) is 21.6 Å². The predicted molar refractivity (Wildman–Crippen MR) is 115 cm³/mol. The maximum absolute atomic E-state index is 4.65. The maximum atomic E-state index is 4.65. The molecule has 4 nitrogen and oxygen atoms in total. The van der Waals surface area contributed by atoms with Crippen molar-refractivity contribution in [1.29, 1.82) is 0 Å². The SMILES string of the molecule is CCNC(=NCc1scnc1C)NCCc1cc(C)cc(C)c1.I. The van der Waals surface area contributed by atoms with Gasteiger partial charge in [0.05, 0.1) is 17.7 Å². The number of hydrogen-bond acceptors (Lipinski definition) is 3. The Kier molecular flexibility index (Phi) is 9.28. The largest absolute Gasteiger partial charge is 0.357 e. The molecule has 2 N–H and O–H groups in total. The molecular weight excluding hydrogens is 431 g/mol. The third kappa shape index (κ3) is 6.76. The fourth-order valence-electron chi connectivity index (χ4n) is 2.51. The van der Waals surface area contributed by atoms with Gasteiger partial charge in [-0.1, -0.05) is 29.3 Å². The van der Waals surface area contributed by atoms with Gasteiger partial charge in [-0.25, -0.2) is 9.98 Å². The van der Waals surface area contributed by atoms with Crippen LogP contribution in [-0.4, -0.2) is 24.0 Å². The molecule has 0 aliphatic carbocycles. The van der Waals surface area contributed by atoms with E-state index in [1.807, 2.05) is 12.4 Å². The van der Waals surface area contributed by atoms with E-state index in [0.29, 0.717) is 6.54 Å². The van der Waals surface area contributed by atoms with Crippen molar-refractivity contribution in [2.75, 3.05) is 13.1 Å². The van der Waals surface area contributed by atoms with Crippen LogP contribution in [0.15, 0.2) is 28.7 Å². The summed E-state index contributed by atoms with van der Waals surface area (Å²) in [7, 11) is 0. The van der Waals surface area contributed by atoms with Crippen LogP contribution in [-0.2, 0) is 13.0 Å². The molecule has 0 unspecified atom stereocenters. The minimum absolute atomic E-state index is 0. The summed E-state index contributed by atoms with van der Waals surface area (Å²) < 4.78 is 0. The number of aliphatic imine (C=N–C) groups is 1. The molecule has 24 heavy (non-hydrogen) atoms. The van der Waals surface area contributed by atoms with Gasteiger partial charge in [-0.15, -0.1) is 35.3 Å². The molecule has 0 fully saturated rings. The highest BCUT2D eigenvalue weighted by Gasteiger charge is 2.02. The molecule has 0 aliphatic rings. The molecule has 1 heterocycles. The molecule has 2 rings (SSSR count). The first-order chi connectivity index (χ1) is 11.1. The summed E-state index contributed by atoms with van der Waals surface area (Å²) in [5.41, 5.74) is 6.96. The van der Waals surface area contributed by atoms with Crippen molar-refractivity contribution in [3.63, 3.8) is 0 Å². The lowest BCUT2D eigenvalue weighted by Crippen LogP contribution is -2.38. The smallest absolute Gasteiger partial charge is 0.191 e. The van der Waals surface area contributed by atoms with E-state index in [2.05, 4.69) is 59.6 Å². The second kappa shape index (κ2) is 10.7. The minimum atomic E-state index is 0.